The highest BCUT2D eigenvalue weighted by Crippen LogP contribution is 2.25. The van der Waals surface area contributed by atoms with E-state index >= 15 is 0 Å². The average Bonchev–Trinajstić information content (AvgIpc) is 3.29. The lowest BCUT2D eigenvalue weighted by Gasteiger charge is -2.31. The Labute approximate surface area is 167 Å². The number of nitro groups is 1. The van der Waals surface area contributed by atoms with E-state index < -0.39 is 20.9 Å². The fraction of sp³-hybridized carbons (Fsp3) is 0.562. The van der Waals surface area contributed by atoms with Crippen LogP contribution < -0.4 is 5.32 Å². The quantitative estimate of drug-likeness (QED) is 0.487. The molecule has 158 valence electrons. The van der Waals surface area contributed by atoms with Crippen molar-refractivity contribution in [3.8, 4) is 0 Å². The number of piperidine rings is 1. The van der Waals surface area contributed by atoms with E-state index in [1.54, 1.807) is 14.0 Å². The maximum atomic E-state index is 12.9. The van der Waals surface area contributed by atoms with Crippen LogP contribution in [0.4, 0.5) is 5.69 Å². The molecule has 3 heterocycles. The molecule has 0 radical (unpaired) electrons. The van der Waals surface area contributed by atoms with Crippen molar-refractivity contribution in [1.82, 2.24) is 29.2 Å². The standard InChI is InChI=1S/C16H23N7O5S/c1-12-15(9-18-20(12)2)29(27,28)22-6-3-4-13(10-22)16(24)17-5-7-21-11-14(8-19-21)23(25)26/h8-9,11,13H,3-7,10H2,1-2H3,(H,17,24)/t13-/m1/s1. The first-order valence-corrected chi connectivity index (χ1v) is 10.6. The molecule has 12 nitrogen and oxygen atoms in total. The van der Waals surface area contributed by atoms with E-state index in [4.69, 9.17) is 0 Å². The minimum atomic E-state index is -3.72. The second kappa shape index (κ2) is 8.29. The average molecular weight is 425 g/mol. The lowest BCUT2D eigenvalue weighted by atomic mass is 9.99. The van der Waals surface area contributed by atoms with Crippen LogP contribution in [0.2, 0.25) is 0 Å². The number of carbonyl (C=O) groups is 1. The highest BCUT2D eigenvalue weighted by Gasteiger charge is 2.34. The van der Waals surface area contributed by atoms with E-state index in [9.17, 15) is 23.3 Å². The number of sulfonamides is 1. The van der Waals surface area contributed by atoms with Gasteiger partial charge in [0.25, 0.3) is 0 Å². The van der Waals surface area contributed by atoms with E-state index in [-0.39, 0.29) is 36.1 Å². The summed E-state index contributed by atoms with van der Waals surface area (Å²) < 4.78 is 30.1. The summed E-state index contributed by atoms with van der Waals surface area (Å²) in [7, 11) is -2.04. The number of aromatic nitrogens is 4. The summed E-state index contributed by atoms with van der Waals surface area (Å²) in [5.41, 5.74) is 0.431. The molecule has 0 saturated carbocycles. The largest absolute Gasteiger partial charge is 0.354 e. The third kappa shape index (κ3) is 4.45. The van der Waals surface area contributed by atoms with E-state index in [0.29, 0.717) is 25.1 Å². The first-order valence-electron chi connectivity index (χ1n) is 9.13. The second-order valence-corrected chi connectivity index (χ2v) is 8.84. The third-order valence-corrected chi connectivity index (χ3v) is 7.00. The molecule has 0 bridgehead atoms. The molecule has 0 spiro atoms. The first kappa shape index (κ1) is 20.9. The maximum absolute atomic E-state index is 12.9. The summed E-state index contributed by atoms with van der Waals surface area (Å²) in [6, 6.07) is 0. The van der Waals surface area contributed by atoms with Gasteiger partial charge in [-0.1, -0.05) is 0 Å². The molecular weight excluding hydrogens is 402 g/mol. The molecule has 2 aromatic rings. The van der Waals surface area contributed by atoms with Crippen LogP contribution >= 0.6 is 0 Å². The van der Waals surface area contributed by atoms with Gasteiger partial charge in [0.15, 0.2) is 0 Å². The van der Waals surface area contributed by atoms with E-state index in [1.807, 2.05) is 0 Å². The third-order valence-electron chi connectivity index (χ3n) is 5.03. The van der Waals surface area contributed by atoms with Gasteiger partial charge in [0.1, 0.15) is 17.3 Å². The highest BCUT2D eigenvalue weighted by atomic mass is 32.2. The smallest absolute Gasteiger partial charge is 0.306 e. The summed E-state index contributed by atoms with van der Waals surface area (Å²) in [6.45, 7) is 2.67. The lowest BCUT2D eigenvalue weighted by molar-refractivity contribution is -0.385. The van der Waals surface area contributed by atoms with Crippen LogP contribution in [0.5, 0.6) is 0 Å². The molecule has 1 aliphatic rings. The van der Waals surface area contributed by atoms with Crippen molar-refractivity contribution in [1.29, 1.82) is 0 Å². The molecule has 0 aliphatic carbocycles. The minimum absolute atomic E-state index is 0.107. The van der Waals surface area contributed by atoms with Crippen LogP contribution in [-0.2, 0) is 28.4 Å². The predicted molar refractivity (Wildman–Crippen MR) is 101 cm³/mol. The Bertz CT molecular complexity index is 1010. The normalized spacial score (nSPS) is 17.9. The number of rotatable bonds is 7. The SMILES string of the molecule is Cc1c(S(=O)(=O)N2CCC[C@@H](C(=O)NCCn3cc([N+](=O)[O-])cn3)C2)cnn1C. The van der Waals surface area contributed by atoms with Gasteiger partial charge in [-0.2, -0.15) is 14.5 Å². The summed E-state index contributed by atoms with van der Waals surface area (Å²) in [4.78, 5) is 22.8. The Morgan fingerprint density at radius 2 is 2.14 bits per heavy atom. The van der Waals surface area contributed by atoms with Crippen molar-refractivity contribution in [2.45, 2.75) is 31.2 Å². The van der Waals surface area contributed by atoms with E-state index in [2.05, 4.69) is 15.5 Å². The number of hydrogen-bond donors (Lipinski definition) is 1. The van der Waals surface area contributed by atoms with Crippen molar-refractivity contribution in [3.05, 3.63) is 34.4 Å². The number of carbonyl (C=O) groups excluding carboxylic acids is 1. The fourth-order valence-corrected chi connectivity index (χ4v) is 4.96. The molecule has 0 unspecified atom stereocenters. The minimum Gasteiger partial charge on any atom is -0.354 e. The number of nitrogens with zero attached hydrogens (tertiary/aromatic N) is 6. The van der Waals surface area contributed by atoms with Crippen molar-refractivity contribution >= 4 is 21.6 Å². The van der Waals surface area contributed by atoms with Gasteiger partial charge in [0.05, 0.1) is 29.3 Å². The summed E-state index contributed by atoms with van der Waals surface area (Å²) in [5.74, 6) is -0.697. The Morgan fingerprint density at radius 3 is 2.76 bits per heavy atom. The van der Waals surface area contributed by atoms with Crippen molar-refractivity contribution < 1.29 is 18.1 Å². The molecule has 29 heavy (non-hydrogen) atoms. The predicted octanol–water partition coefficient (Wildman–Crippen LogP) is 0.0503. The van der Waals surface area contributed by atoms with Crippen LogP contribution in [0.25, 0.3) is 0 Å². The molecule has 1 amide bonds. The molecule has 1 atom stereocenters. The van der Waals surface area contributed by atoms with Crippen LogP contribution in [0.15, 0.2) is 23.5 Å². The van der Waals surface area contributed by atoms with Crippen molar-refractivity contribution in [2.75, 3.05) is 19.6 Å². The van der Waals surface area contributed by atoms with Crippen LogP contribution in [0, 0.1) is 23.0 Å². The van der Waals surface area contributed by atoms with Gasteiger partial charge in [0.2, 0.25) is 15.9 Å². The van der Waals surface area contributed by atoms with Gasteiger partial charge in [-0.05, 0) is 19.8 Å². The fourth-order valence-electron chi connectivity index (χ4n) is 3.25. The van der Waals surface area contributed by atoms with Gasteiger partial charge in [-0.3, -0.25) is 24.3 Å². The molecule has 0 aromatic carbocycles. The number of amides is 1. The first-order chi connectivity index (χ1) is 13.7. The number of nitrogens with one attached hydrogen (secondary N) is 1. The van der Waals surface area contributed by atoms with Crippen LogP contribution in [0.3, 0.4) is 0 Å². The van der Waals surface area contributed by atoms with E-state index in [1.165, 1.54) is 26.1 Å². The molecule has 1 saturated heterocycles. The van der Waals surface area contributed by atoms with E-state index in [0.717, 1.165) is 6.20 Å². The number of hydrogen-bond acceptors (Lipinski definition) is 7. The number of aryl methyl sites for hydroxylation is 1. The Kier molecular flexibility index (Phi) is 5.98. The molecular formula is C16H23N7O5S. The van der Waals surface area contributed by atoms with Gasteiger partial charge in [-0.15, -0.1) is 0 Å². The Hall–Kier alpha value is -2.80. The zero-order valence-electron chi connectivity index (χ0n) is 16.2. The van der Waals surface area contributed by atoms with Gasteiger partial charge in [0, 0.05) is 26.7 Å². The van der Waals surface area contributed by atoms with Crippen LogP contribution in [0.1, 0.15) is 18.5 Å². The topological polar surface area (TPSA) is 145 Å². The van der Waals surface area contributed by atoms with Crippen molar-refractivity contribution in [3.63, 3.8) is 0 Å². The van der Waals surface area contributed by atoms with Crippen LogP contribution in [-0.4, -0.2) is 62.7 Å². The summed E-state index contributed by atoms with van der Waals surface area (Å²) >= 11 is 0. The molecule has 1 N–H and O–H groups in total. The zero-order chi connectivity index (χ0) is 21.2. The monoisotopic (exact) mass is 425 g/mol. The summed E-state index contributed by atoms with van der Waals surface area (Å²) in [6.07, 6.45) is 4.94. The Morgan fingerprint density at radius 1 is 1.38 bits per heavy atom. The van der Waals surface area contributed by atoms with Gasteiger partial charge >= 0.3 is 5.69 Å². The Balaban J connectivity index is 1.57. The molecule has 3 rings (SSSR count). The molecule has 13 heteroatoms. The second-order valence-electron chi connectivity index (χ2n) is 6.93. The molecule has 1 fully saturated rings. The van der Waals surface area contributed by atoms with Gasteiger partial charge < -0.3 is 5.32 Å². The summed E-state index contributed by atoms with van der Waals surface area (Å²) in [5, 5.41) is 21.3. The zero-order valence-corrected chi connectivity index (χ0v) is 17.0. The van der Waals surface area contributed by atoms with Crippen molar-refractivity contribution in [2.24, 2.45) is 13.0 Å². The highest BCUT2D eigenvalue weighted by molar-refractivity contribution is 7.89. The maximum Gasteiger partial charge on any atom is 0.306 e. The lowest BCUT2D eigenvalue weighted by Crippen LogP contribution is -2.45. The van der Waals surface area contributed by atoms with Gasteiger partial charge in [-0.25, -0.2) is 8.42 Å². The molecule has 2 aromatic heterocycles. The molecule has 1 aliphatic heterocycles.